The minimum Gasteiger partial charge on any atom is -0.342 e. The molecule has 2 heterocycles. The first kappa shape index (κ1) is 13.1. The number of aromatic nitrogens is 2. The van der Waals surface area contributed by atoms with E-state index in [1.165, 1.54) is 0 Å². The number of likely N-dealkylation sites (tertiary alicyclic amines) is 1. The van der Waals surface area contributed by atoms with Crippen molar-refractivity contribution in [2.75, 3.05) is 26.2 Å². The topological polar surface area (TPSA) is 61.0 Å². The molecule has 0 atom stereocenters. The monoisotopic (exact) mass is 250 g/mol. The molecule has 0 aromatic carbocycles. The molecular weight excluding hydrogens is 228 g/mol. The van der Waals surface area contributed by atoms with E-state index < -0.39 is 0 Å². The average molecular weight is 250 g/mol. The second-order valence-electron chi connectivity index (χ2n) is 4.89. The van der Waals surface area contributed by atoms with Crippen LogP contribution in [0.1, 0.15) is 25.5 Å². The van der Waals surface area contributed by atoms with Gasteiger partial charge in [-0.2, -0.15) is 5.10 Å². The molecule has 0 spiro atoms. The quantitative estimate of drug-likeness (QED) is 0.812. The van der Waals surface area contributed by atoms with Crippen LogP contribution >= 0.6 is 0 Å². The van der Waals surface area contributed by atoms with Crippen molar-refractivity contribution in [2.45, 2.75) is 26.2 Å². The number of nitrogens with one attached hydrogen (secondary N) is 2. The molecule has 1 aromatic rings. The minimum atomic E-state index is 0.209. The van der Waals surface area contributed by atoms with Gasteiger partial charge >= 0.3 is 0 Å². The van der Waals surface area contributed by atoms with Crippen LogP contribution in [0.4, 0.5) is 0 Å². The van der Waals surface area contributed by atoms with E-state index in [4.69, 9.17) is 0 Å². The molecule has 2 rings (SSSR count). The molecule has 0 unspecified atom stereocenters. The van der Waals surface area contributed by atoms with E-state index >= 15 is 0 Å². The Labute approximate surface area is 108 Å². The zero-order valence-corrected chi connectivity index (χ0v) is 11.0. The van der Waals surface area contributed by atoms with Crippen LogP contribution in [0, 0.1) is 5.92 Å². The van der Waals surface area contributed by atoms with Crippen molar-refractivity contribution in [2.24, 2.45) is 5.92 Å². The molecule has 5 nitrogen and oxygen atoms in total. The Balaban J connectivity index is 1.73. The summed E-state index contributed by atoms with van der Waals surface area (Å²) < 4.78 is 0. The predicted molar refractivity (Wildman–Crippen MR) is 70.1 cm³/mol. The summed E-state index contributed by atoms with van der Waals surface area (Å²) in [7, 11) is 0. The van der Waals surface area contributed by atoms with E-state index in [1.54, 1.807) is 6.20 Å². The van der Waals surface area contributed by atoms with Gasteiger partial charge in [0.25, 0.3) is 0 Å². The van der Waals surface area contributed by atoms with E-state index in [0.717, 1.165) is 50.6 Å². The number of amides is 1. The molecule has 18 heavy (non-hydrogen) atoms. The second-order valence-corrected chi connectivity index (χ2v) is 4.89. The lowest BCUT2D eigenvalue weighted by atomic mass is 9.96. The molecule has 0 bridgehead atoms. The van der Waals surface area contributed by atoms with E-state index in [-0.39, 0.29) is 5.91 Å². The highest BCUT2D eigenvalue weighted by molar-refractivity contribution is 5.78. The maximum atomic E-state index is 12.0. The van der Waals surface area contributed by atoms with Gasteiger partial charge in [0.15, 0.2) is 0 Å². The van der Waals surface area contributed by atoms with Crippen LogP contribution in [0.25, 0.3) is 0 Å². The maximum Gasteiger partial charge on any atom is 0.228 e. The summed E-state index contributed by atoms with van der Waals surface area (Å²) in [6.07, 6.45) is 4.35. The van der Waals surface area contributed by atoms with E-state index in [1.807, 2.05) is 11.0 Å². The van der Waals surface area contributed by atoms with Crippen LogP contribution in [0.2, 0.25) is 0 Å². The summed E-state index contributed by atoms with van der Waals surface area (Å²) in [4.78, 5) is 14.0. The van der Waals surface area contributed by atoms with Crippen LogP contribution in [-0.4, -0.2) is 47.2 Å². The molecule has 1 amide bonds. The van der Waals surface area contributed by atoms with Crippen molar-refractivity contribution in [3.05, 3.63) is 18.0 Å². The molecule has 1 fully saturated rings. The molecule has 1 aromatic heterocycles. The summed E-state index contributed by atoms with van der Waals surface area (Å²) in [5.74, 6) is 0.933. The van der Waals surface area contributed by atoms with Gasteiger partial charge in [0, 0.05) is 25.0 Å². The fraction of sp³-hybridized carbons (Fsp3) is 0.692. The Bertz CT molecular complexity index is 355. The van der Waals surface area contributed by atoms with Crippen molar-refractivity contribution in [3.63, 3.8) is 0 Å². The third-order valence-corrected chi connectivity index (χ3v) is 3.55. The Morgan fingerprint density at radius 3 is 2.94 bits per heavy atom. The maximum absolute atomic E-state index is 12.0. The Kier molecular flexibility index (Phi) is 4.75. The van der Waals surface area contributed by atoms with Gasteiger partial charge in [0.2, 0.25) is 5.91 Å². The Morgan fingerprint density at radius 2 is 2.33 bits per heavy atom. The lowest BCUT2D eigenvalue weighted by Gasteiger charge is -2.32. The molecule has 5 heteroatoms. The Hall–Kier alpha value is -1.36. The fourth-order valence-electron chi connectivity index (χ4n) is 2.39. The summed E-state index contributed by atoms with van der Waals surface area (Å²) in [5.41, 5.74) is 0.898. The molecule has 1 saturated heterocycles. The third-order valence-electron chi connectivity index (χ3n) is 3.55. The molecule has 0 radical (unpaired) electrons. The molecule has 2 N–H and O–H groups in total. The number of hydrogen-bond donors (Lipinski definition) is 2. The molecule has 0 saturated carbocycles. The van der Waals surface area contributed by atoms with Crippen LogP contribution in [0.3, 0.4) is 0 Å². The number of H-pyrrole nitrogens is 1. The third kappa shape index (κ3) is 3.57. The van der Waals surface area contributed by atoms with Crippen LogP contribution < -0.4 is 5.32 Å². The first-order valence-corrected chi connectivity index (χ1v) is 6.76. The first-order valence-electron chi connectivity index (χ1n) is 6.76. The highest BCUT2D eigenvalue weighted by Gasteiger charge is 2.22. The largest absolute Gasteiger partial charge is 0.342 e. The highest BCUT2D eigenvalue weighted by atomic mass is 16.2. The SMILES string of the molecule is CCNCC1CCN(C(=O)Cc2ccn[nH]2)CC1. The number of rotatable bonds is 5. The van der Waals surface area contributed by atoms with Gasteiger partial charge in [0.05, 0.1) is 6.42 Å². The zero-order valence-electron chi connectivity index (χ0n) is 11.0. The van der Waals surface area contributed by atoms with Gasteiger partial charge in [0.1, 0.15) is 0 Å². The molecule has 0 aliphatic carbocycles. The standard InChI is InChI=1S/C13H22N4O/c1-2-14-10-11-4-7-17(8-5-11)13(18)9-12-3-6-15-16-12/h3,6,11,14H,2,4-5,7-10H2,1H3,(H,15,16). The zero-order chi connectivity index (χ0) is 12.8. The summed E-state index contributed by atoms with van der Waals surface area (Å²) in [6, 6.07) is 1.86. The average Bonchev–Trinajstić information content (AvgIpc) is 2.89. The van der Waals surface area contributed by atoms with Crippen LogP contribution in [0.5, 0.6) is 0 Å². The number of nitrogens with zero attached hydrogens (tertiary/aromatic N) is 2. The first-order chi connectivity index (χ1) is 8.79. The van der Waals surface area contributed by atoms with Crippen molar-refractivity contribution >= 4 is 5.91 Å². The number of hydrogen-bond acceptors (Lipinski definition) is 3. The predicted octanol–water partition coefficient (Wildman–Crippen LogP) is 0.800. The molecule has 1 aliphatic heterocycles. The second kappa shape index (κ2) is 6.54. The van der Waals surface area contributed by atoms with E-state index in [9.17, 15) is 4.79 Å². The molecule has 100 valence electrons. The lowest BCUT2D eigenvalue weighted by molar-refractivity contribution is -0.131. The smallest absolute Gasteiger partial charge is 0.228 e. The highest BCUT2D eigenvalue weighted by Crippen LogP contribution is 2.17. The summed E-state index contributed by atoms with van der Waals surface area (Å²) in [5, 5.41) is 10.1. The van der Waals surface area contributed by atoms with Gasteiger partial charge in [-0.15, -0.1) is 0 Å². The van der Waals surface area contributed by atoms with Crippen molar-refractivity contribution in [3.8, 4) is 0 Å². The van der Waals surface area contributed by atoms with Crippen LogP contribution in [0.15, 0.2) is 12.3 Å². The molecule has 1 aliphatic rings. The van der Waals surface area contributed by atoms with E-state index in [2.05, 4.69) is 22.4 Å². The van der Waals surface area contributed by atoms with Crippen molar-refractivity contribution in [1.29, 1.82) is 0 Å². The lowest BCUT2D eigenvalue weighted by Crippen LogP contribution is -2.41. The van der Waals surface area contributed by atoms with Gasteiger partial charge in [-0.3, -0.25) is 9.89 Å². The normalized spacial score (nSPS) is 17.1. The number of carbonyl (C=O) groups is 1. The number of piperidine rings is 1. The number of carbonyl (C=O) groups excluding carboxylic acids is 1. The van der Waals surface area contributed by atoms with Gasteiger partial charge in [-0.05, 0) is 37.9 Å². The number of aromatic amines is 1. The Morgan fingerprint density at radius 1 is 1.56 bits per heavy atom. The van der Waals surface area contributed by atoms with Gasteiger partial charge < -0.3 is 10.2 Å². The minimum absolute atomic E-state index is 0.209. The molecular formula is C13H22N4O. The van der Waals surface area contributed by atoms with E-state index in [0.29, 0.717) is 6.42 Å². The summed E-state index contributed by atoms with van der Waals surface area (Å²) in [6.45, 7) is 6.02. The summed E-state index contributed by atoms with van der Waals surface area (Å²) >= 11 is 0. The van der Waals surface area contributed by atoms with Crippen molar-refractivity contribution in [1.82, 2.24) is 20.4 Å². The fourth-order valence-corrected chi connectivity index (χ4v) is 2.39. The van der Waals surface area contributed by atoms with Crippen LogP contribution in [-0.2, 0) is 11.2 Å². The van der Waals surface area contributed by atoms with Gasteiger partial charge in [-0.1, -0.05) is 6.92 Å². The van der Waals surface area contributed by atoms with Gasteiger partial charge in [-0.25, -0.2) is 0 Å². The van der Waals surface area contributed by atoms with Crippen molar-refractivity contribution < 1.29 is 4.79 Å².